The Morgan fingerprint density at radius 2 is 1.76 bits per heavy atom. The van der Waals surface area contributed by atoms with E-state index in [4.69, 9.17) is 4.74 Å². The molecule has 2 heterocycles. The van der Waals surface area contributed by atoms with E-state index in [0.717, 1.165) is 29.1 Å². The van der Waals surface area contributed by atoms with Crippen molar-refractivity contribution in [1.29, 1.82) is 0 Å². The monoisotopic (exact) mass is 450 g/mol. The number of ether oxygens (including phenoxy) is 1. The molecule has 0 radical (unpaired) electrons. The molecule has 33 heavy (non-hydrogen) atoms. The van der Waals surface area contributed by atoms with E-state index in [1.807, 2.05) is 60.3 Å². The highest BCUT2D eigenvalue weighted by Crippen LogP contribution is 2.35. The van der Waals surface area contributed by atoms with Gasteiger partial charge in [0.1, 0.15) is 11.9 Å². The third kappa shape index (κ3) is 5.24. The lowest BCUT2D eigenvalue weighted by molar-refractivity contribution is -0.126. The number of amides is 3. The van der Waals surface area contributed by atoms with Gasteiger partial charge < -0.3 is 19.9 Å². The number of urea groups is 1. The first-order valence-electron chi connectivity index (χ1n) is 11.8. The number of hydrogen-bond donors (Lipinski definition) is 1. The molecule has 7 nitrogen and oxygen atoms in total. The summed E-state index contributed by atoms with van der Waals surface area (Å²) in [6, 6.07) is 15.9. The van der Waals surface area contributed by atoms with Gasteiger partial charge >= 0.3 is 6.03 Å². The van der Waals surface area contributed by atoms with Crippen LogP contribution in [-0.2, 0) is 11.3 Å². The maximum Gasteiger partial charge on any atom is 0.324 e. The number of hydrogen-bond acceptors (Lipinski definition) is 4. The lowest BCUT2D eigenvalue weighted by Gasteiger charge is -2.39. The molecule has 3 amide bonds. The Hall–Kier alpha value is -3.22. The van der Waals surface area contributed by atoms with Gasteiger partial charge in [-0.25, -0.2) is 4.79 Å². The number of carbonyl (C=O) groups excluding carboxylic acids is 2. The summed E-state index contributed by atoms with van der Waals surface area (Å²) in [5.41, 5.74) is 3.04. The van der Waals surface area contributed by atoms with Crippen molar-refractivity contribution in [3.63, 3.8) is 0 Å². The number of carbonyl (C=O) groups is 2. The number of fused-ring (bicyclic) bond motifs is 1. The Labute approximate surface area is 196 Å². The molecule has 0 saturated carbocycles. The zero-order chi connectivity index (χ0) is 23.4. The second-order valence-corrected chi connectivity index (χ2v) is 9.05. The standard InChI is InChI=1S/C26H34N4O3/c1-4-22-18-30(23-7-5-6-8-24(23)33-22)26(32)29-15-13-20(14-16-29)25(31)27-17-19-9-11-21(12-10-19)28(2)3/h5-12,20,22H,4,13-18H2,1-3H3,(H,27,31)/t22-/m1/s1. The molecule has 0 spiro atoms. The number of likely N-dealkylation sites (tertiary alicyclic amines) is 1. The van der Waals surface area contributed by atoms with Gasteiger partial charge in [-0.3, -0.25) is 9.69 Å². The van der Waals surface area contributed by atoms with E-state index >= 15 is 0 Å². The minimum absolute atomic E-state index is 0.000965. The van der Waals surface area contributed by atoms with Crippen molar-refractivity contribution in [1.82, 2.24) is 10.2 Å². The third-order valence-corrected chi connectivity index (χ3v) is 6.58. The highest BCUT2D eigenvalue weighted by molar-refractivity contribution is 5.94. The van der Waals surface area contributed by atoms with Crippen LogP contribution in [0, 0.1) is 5.92 Å². The SMILES string of the molecule is CC[C@@H]1CN(C(=O)N2CCC(C(=O)NCc3ccc(N(C)C)cc3)CC2)c2ccccc2O1. The summed E-state index contributed by atoms with van der Waals surface area (Å²) in [5.74, 6) is 0.772. The topological polar surface area (TPSA) is 65.1 Å². The Morgan fingerprint density at radius 3 is 2.42 bits per heavy atom. The van der Waals surface area contributed by atoms with Crippen molar-refractivity contribution in [2.24, 2.45) is 5.92 Å². The fourth-order valence-electron chi connectivity index (χ4n) is 4.44. The van der Waals surface area contributed by atoms with Crippen molar-refractivity contribution in [3.8, 4) is 5.75 Å². The molecule has 0 unspecified atom stereocenters. The average molecular weight is 451 g/mol. The van der Waals surface area contributed by atoms with Crippen molar-refractivity contribution < 1.29 is 14.3 Å². The highest BCUT2D eigenvalue weighted by atomic mass is 16.5. The van der Waals surface area contributed by atoms with Gasteiger partial charge in [-0.2, -0.15) is 0 Å². The molecule has 0 aromatic heterocycles. The van der Waals surface area contributed by atoms with Gasteiger partial charge in [-0.1, -0.05) is 31.2 Å². The minimum atomic E-state index is -0.0598. The van der Waals surface area contributed by atoms with Crippen LogP contribution in [0.15, 0.2) is 48.5 Å². The van der Waals surface area contributed by atoms with Gasteiger partial charge in [0.05, 0.1) is 12.2 Å². The fourth-order valence-corrected chi connectivity index (χ4v) is 4.44. The van der Waals surface area contributed by atoms with E-state index in [1.54, 1.807) is 0 Å². The van der Waals surface area contributed by atoms with E-state index in [0.29, 0.717) is 39.0 Å². The molecule has 2 aliphatic heterocycles. The van der Waals surface area contributed by atoms with E-state index in [2.05, 4.69) is 29.3 Å². The zero-order valence-electron chi connectivity index (χ0n) is 19.8. The quantitative estimate of drug-likeness (QED) is 0.751. The van der Waals surface area contributed by atoms with Crippen molar-refractivity contribution in [2.45, 2.75) is 38.8 Å². The van der Waals surface area contributed by atoms with Crippen LogP contribution in [0.5, 0.6) is 5.75 Å². The lowest BCUT2D eigenvalue weighted by Crippen LogP contribution is -2.52. The first-order chi connectivity index (χ1) is 16.0. The van der Waals surface area contributed by atoms with Crippen LogP contribution in [0.2, 0.25) is 0 Å². The molecule has 2 aromatic carbocycles. The number of anilines is 2. The van der Waals surface area contributed by atoms with Gasteiger partial charge in [0.15, 0.2) is 0 Å². The van der Waals surface area contributed by atoms with Crippen molar-refractivity contribution >= 4 is 23.3 Å². The first-order valence-corrected chi connectivity index (χ1v) is 11.8. The summed E-state index contributed by atoms with van der Waals surface area (Å²) in [4.78, 5) is 31.8. The summed E-state index contributed by atoms with van der Waals surface area (Å²) in [6.45, 7) is 4.32. The number of benzene rings is 2. The molecular weight excluding hydrogens is 416 g/mol. The van der Waals surface area contributed by atoms with Crippen LogP contribution >= 0.6 is 0 Å². The van der Waals surface area contributed by atoms with Gasteiger partial charge in [-0.05, 0) is 49.1 Å². The number of piperidine rings is 1. The summed E-state index contributed by atoms with van der Waals surface area (Å²) in [5, 5.41) is 3.07. The summed E-state index contributed by atoms with van der Waals surface area (Å²) < 4.78 is 6.01. The molecule has 2 aromatic rings. The first kappa shape index (κ1) is 23.0. The predicted molar refractivity (Wildman–Crippen MR) is 131 cm³/mol. The lowest BCUT2D eigenvalue weighted by atomic mass is 9.96. The van der Waals surface area contributed by atoms with Crippen LogP contribution in [0.1, 0.15) is 31.7 Å². The number of para-hydroxylation sites is 2. The Kier molecular flexibility index (Phi) is 7.06. The maximum absolute atomic E-state index is 13.3. The summed E-state index contributed by atoms with van der Waals surface area (Å²) in [6.07, 6.45) is 2.21. The van der Waals surface area contributed by atoms with E-state index < -0.39 is 0 Å². The Morgan fingerprint density at radius 1 is 1.06 bits per heavy atom. The fraction of sp³-hybridized carbons (Fsp3) is 0.462. The average Bonchev–Trinajstić information content (AvgIpc) is 2.86. The zero-order valence-corrected chi connectivity index (χ0v) is 19.8. The largest absolute Gasteiger partial charge is 0.486 e. The van der Waals surface area contributed by atoms with E-state index in [9.17, 15) is 9.59 Å². The smallest absolute Gasteiger partial charge is 0.324 e. The molecule has 1 saturated heterocycles. The molecule has 1 fully saturated rings. The van der Waals surface area contributed by atoms with Crippen LogP contribution in [0.3, 0.4) is 0 Å². The molecule has 7 heteroatoms. The summed E-state index contributed by atoms with van der Waals surface area (Å²) in [7, 11) is 4.02. The molecule has 2 aliphatic rings. The van der Waals surface area contributed by atoms with Crippen LogP contribution in [-0.4, -0.2) is 56.7 Å². The van der Waals surface area contributed by atoms with Crippen LogP contribution in [0.4, 0.5) is 16.2 Å². The second kappa shape index (κ2) is 10.1. The predicted octanol–water partition coefficient (Wildman–Crippen LogP) is 3.88. The van der Waals surface area contributed by atoms with E-state index in [-0.39, 0.29) is 24.0 Å². The minimum Gasteiger partial charge on any atom is -0.486 e. The molecule has 4 rings (SSSR count). The Balaban J connectivity index is 1.30. The summed E-state index contributed by atoms with van der Waals surface area (Å²) >= 11 is 0. The van der Waals surface area contributed by atoms with Gasteiger partial charge in [0, 0.05) is 45.3 Å². The van der Waals surface area contributed by atoms with E-state index in [1.165, 1.54) is 0 Å². The van der Waals surface area contributed by atoms with Gasteiger partial charge in [0.25, 0.3) is 0 Å². The van der Waals surface area contributed by atoms with Gasteiger partial charge in [-0.15, -0.1) is 0 Å². The third-order valence-electron chi connectivity index (χ3n) is 6.58. The van der Waals surface area contributed by atoms with Crippen LogP contribution < -0.4 is 19.9 Å². The molecule has 176 valence electrons. The molecule has 1 atom stereocenters. The Bertz CT molecular complexity index is 968. The molecule has 1 N–H and O–H groups in total. The maximum atomic E-state index is 13.3. The second-order valence-electron chi connectivity index (χ2n) is 9.05. The van der Waals surface area contributed by atoms with Crippen molar-refractivity contribution in [2.75, 3.05) is 43.5 Å². The number of rotatable bonds is 5. The highest BCUT2D eigenvalue weighted by Gasteiger charge is 2.34. The number of nitrogens with one attached hydrogen (secondary N) is 1. The molecule has 0 aliphatic carbocycles. The normalized spacial score (nSPS) is 18.3. The molecule has 0 bridgehead atoms. The molecular formula is C26H34N4O3. The van der Waals surface area contributed by atoms with Crippen LogP contribution in [0.25, 0.3) is 0 Å². The van der Waals surface area contributed by atoms with Gasteiger partial charge in [0.2, 0.25) is 5.91 Å². The number of nitrogens with zero attached hydrogens (tertiary/aromatic N) is 3. The van der Waals surface area contributed by atoms with Crippen molar-refractivity contribution in [3.05, 3.63) is 54.1 Å².